The molecule has 0 fully saturated rings. The molecular weight excluding hydrogens is 482 g/mol. The molecule has 2 heterocycles. The van der Waals surface area contributed by atoms with E-state index in [1.807, 2.05) is 42.6 Å². The first-order valence-electron chi connectivity index (χ1n) is 12.6. The average Bonchev–Trinajstić information content (AvgIpc) is 3.36. The standard InChI is InChI=1S/C30H29N3O5/c1-3-38-30(36)19-9-8-10-20(17-19)32-28(34)26-22-12-4-5-13-23(22)29(35)33(15-16-37-2)27(26)24-18-31-25-14-7-6-11-21(24)25/h4-14,17-18,26-27,31H,3,15-16H2,1-2H3,(H,32,34). The van der Waals surface area contributed by atoms with Crippen molar-refractivity contribution in [2.45, 2.75) is 18.9 Å². The Morgan fingerprint density at radius 3 is 2.61 bits per heavy atom. The molecule has 2 N–H and O–H groups in total. The fourth-order valence-electron chi connectivity index (χ4n) is 5.15. The van der Waals surface area contributed by atoms with Gasteiger partial charge in [-0.3, -0.25) is 9.59 Å². The van der Waals surface area contributed by atoms with Gasteiger partial charge in [0, 0.05) is 47.6 Å². The maximum atomic E-state index is 14.1. The van der Waals surface area contributed by atoms with Gasteiger partial charge in [0.1, 0.15) is 0 Å². The first-order chi connectivity index (χ1) is 18.5. The van der Waals surface area contributed by atoms with E-state index in [2.05, 4.69) is 10.3 Å². The van der Waals surface area contributed by atoms with Crippen molar-refractivity contribution in [1.82, 2.24) is 9.88 Å². The molecule has 5 rings (SSSR count). The third kappa shape index (κ3) is 4.66. The van der Waals surface area contributed by atoms with E-state index in [0.717, 1.165) is 16.5 Å². The second-order valence-corrected chi connectivity index (χ2v) is 9.08. The smallest absolute Gasteiger partial charge is 0.338 e. The van der Waals surface area contributed by atoms with Crippen LogP contribution in [0.5, 0.6) is 0 Å². The Morgan fingerprint density at radius 1 is 1.00 bits per heavy atom. The SMILES string of the molecule is CCOC(=O)c1cccc(NC(=O)C2c3ccccc3C(=O)N(CCOC)C2c2c[nH]c3ccccc23)c1. The van der Waals surface area contributed by atoms with E-state index in [1.54, 1.807) is 55.3 Å². The number of hydrogen-bond acceptors (Lipinski definition) is 5. The van der Waals surface area contributed by atoms with E-state index < -0.39 is 17.9 Å². The molecule has 194 valence electrons. The van der Waals surface area contributed by atoms with Crippen LogP contribution in [0.15, 0.2) is 79.0 Å². The number of amides is 2. The molecule has 0 saturated heterocycles. The number of hydrogen-bond donors (Lipinski definition) is 2. The van der Waals surface area contributed by atoms with Gasteiger partial charge in [-0.2, -0.15) is 0 Å². The number of anilines is 1. The number of nitrogens with one attached hydrogen (secondary N) is 2. The summed E-state index contributed by atoms with van der Waals surface area (Å²) in [6, 6.07) is 21.1. The van der Waals surface area contributed by atoms with Crippen molar-refractivity contribution in [3.63, 3.8) is 0 Å². The Balaban J connectivity index is 1.61. The molecule has 0 spiro atoms. The zero-order valence-corrected chi connectivity index (χ0v) is 21.3. The molecule has 3 aromatic carbocycles. The van der Waals surface area contributed by atoms with Crippen molar-refractivity contribution in [2.24, 2.45) is 0 Å². The molecule has 2 atom stereocenters. The van der Waals surface area contributed by atoms with Crippen LogP contribution in [0.4, 0.5) is 5.69 Å². The van der Waals surface area contributed by atoms with Crippen LogP contribution in [0.25, 0.3) is 10.9 Å². The van der Waals surface area contributed by atoms with Gasteiger partial charge in [0.2, 0.25) is 5.91 Å². The van der Waals surface area contributed by atoms with Crippen molar-refractivity contribution in [3.8, 4) is 0 Å². The Labute approximate surface area is 220 Å². The second kappa shape index (κ2) is 10.9. The molecule has 1 aliphatic rings. The number of esters is 1. The first-order valence-corrected chi connectivity index (χ1v) is 12.6. The lowest BCUT2D eigenvalue weighted by atomic mass is 9.79. The fraction of sp³-hybridized carbons (Fsp3) is 0.233. The van der Waals surface area contributed by atoms with Gasteiger partial charge < -0.3 is 24.7 Å². The topological polar surface area (TPSA) is 101 Å². The van der Waals surface area contributed by atoms with Crippen LogP contribution in [0.2, 0.25) is 0 Å². The number of methoxy groups -OCH3 is 1. The van der Waals surface area contributed by atoms with Gasteiger partial charge in [-0.15, -0.1) is 0 Å². The van der Waals surface area contributed by atoms with Gasteiger partial charge in [-0.1, -0.05) is 42.5 Å². The number of aromatic amines is 1. The third-order valence-corrected chi connectivity index (χ3v) is 6.84. The van der Waals surface area contributed by atoms with E-state index in [0.29, 0.717) is 35.5 Å². The monoisotopic (exact) mass is 511 g/mol. The summed E-state index contributed by atoms with van der Waals surface area (Å²) >= 11 is 0. The van der Waals surface area contributed by atoms with Crippen molar-refractivity contribution < 1.29 is 23.9 Å². The highest BCUT2D eigenvalue weighted by Gasteiger charge is 2.44. The highest BCUT2D eigenvalue weighted by Crippen LogP contribution is 2.45. The van der Waals surface area contributed by atoms with Crippen molar-refractivity contribution >= 4 is 34.4 Å². The molecule has 0 aliphatic carbocycles. The largest absolute Gasteiger partial charge is 0.462 e. The quantitative estimate of drug-likeness (QED) is 0.328. The normalized spacial score (nSPS) is 16.8. The predicted molar refractivity (Wildman–Crippen MR) is 144 cm³/mol. The van der Waals surface area contributed by atoms with E-state index in [-0.39, 0.29) is 18.4 Å². The summed E-state index contributed by atoms with van der Waals surface area (Å²) in [5, 5.41) is 3.93. The molecule has 0 radical (unpaired) electrons. The molecular formula is C30H29N3O5. The molecule has 2 unspecified atom stereocenters. The van der Waals surface area contributed by atoms with Crippen LogP contribution in [0.3, 0.4) is 0 Å². The van der Waals surface area contributed by atoms with E-state index >= 15 is 0 Å². The van der Waals surface area contributed by atoms with Gasteiger partial charge >= 0.3 is 5.97 Å². The molecule has 0 bridgehead atoms. The summed E-state index contributed by atoms with van der Waals surface area (Å²) in [6.45, 7) is 2.64. The third-order valence-electron chi connectivity index (χ3n) is 6.84. The highest BCUT2D eigenvalue weighted by atomic mass is 16.5. The van der Waals surface area contributed by atoms with Gasteiger partial charge in [0.05, 0.1) is 30.7 Å². The number of ether oxygens (including phenoxy) is 2. The summed E-state index contributed by atoms with van der Waals surface area (Å²) in [6.07, 6.45) is 1.87. The van der Waals surface area contributed by atoms with Crippen LogP contribution in [0.1, 0.15) is 50.7 Å². The minimum Gasteiger partial charge on any atom is -0.462 e. The van der Waals surface area contributed by atoms with Crippen LogP contribution in [0, 0.1) is 0 Å². The minimum atomic E-state index is -0.716. The van der Waals surface area contributed by atoms with Crippen LogP contribution < -0.4 is 5.32 Å². The molecule has 38 heavy (non-hydrogen) atoms. The van der Waals surface area contributed by atoms with Crippen molar-refractivity contribution in [2.75, 3.05) is 32.2 Å². The highest BCUT2D eigenvalue weighted by molar-refractivity contribution is 6.05. The lowest BCUT2D eigenvalue weighted by molar-refractivity contribution is -0.119. The van der Waals surface area contributed by atoms with E-state index in [1.165, 1.54) is 0 Å². The lowest BCUT2D eigenvalue weighted by Crippen LogP contribution is -2.47. The number of aromatic nitrogens is 1. The average molecular weight is 512 g/mol. The number of H-pyrrole nitrogens is 1. The molecule has 8 nitrogen and oxygen atoms in total. The number of para-hydroxylation sites is 1. The molecule has 8 heteroatoms. The lowest BCUT2D eigenvalue weighted by Gasteiger charge is -2.41. The first kappa shape index (κ1) is 25.2. The molecule has 1 aliphatic heterocycles. The van der Waals surface area contributed by atoms with Gasteiger partial charge in [0.25, 0.3) is 5.91 Å². The van der Waals surface area contributed by atoms with Crippen molar-refractivity contribution in [1.29, 1.82) is 0 Å². The Kier molecular flexibility index (Phi) is 7.24. The van der Waals surface area contributed by atoms with Gasteiger partial charge in [0.15, 0.2) is 0 Å². The predicted octanol–water partition coefficient (Wildman–Crippen LogP) is 4.91. The van der Waals surface area contributed by atoms with Crippen molar-refractivity contribution in [3.05, 3.63) is 101 Å². The molecule has 1 aromatic heterocycles. The van der Waals surface area contributed by atoms with Crippen LogP contribution in [-0.2, 0) is 14.3 Å². The fourth-order valence-corrected chi connectivity index (χ4v) is 5.15. The number of carbonyl (C=O) groups is 3. The second-order valence-electron chi connectivity index (χ2n) is 9.08. The Bertz CT molecular complexity index is 1490. The summed E-state index contributed by atoms with van der Waals surface area (Å²) in [4.78, 5) is 45.1. The number of benzene rings is 3. The summed E-state index contributed by atoms with van der Waals surface area (Å²) in [5.74, 6) is -1.62. The Hall–Kier alpha value is -4.43. The zero-order valence-electron chi connectivity index (χ0n) is 21.3. The maximum Gasteiger partial charge on any atom is 0.338 e. The zero-order chi connectivity index (χ0) is 26.6. The van der Waals surface area contributed by atoms with Crippen LogP contribution >= 0.6 is 0 Å². The Morgan fingerprint density at radius 2 is 1.79 bits per heavy atom. The van der Waals surface area contributed by atoms with Gasteiger partial charge in [-0.25, -0.2) is 4.79 Å². The molecule has 2 amide bonds. The molecule has 0 saturated carbocycles. The maximum absolute atomic E-state index is 14.1. The number of rotatable bonds is 8. The van der Waals surface area contributed by atoms with E-state index in [4.69, 9.17) is 9.47 Å². The van der Waals surface area contributed by atoms with E-state index in [9.17, 15) is 14.4 Å². The number of nitrogens with zero attached hydrogens (tertiary/aromatic N) is 1. The van der Waals surface area contributed by atoms with Crippen LogP contribution in [-0.4, -0.2) is 54.5 Å². The molecule has 4 aromatic rings. The summed E-state index contributed by atoms with van der Waals surface area (Å²) in [7, 11) is 1.59. The summed E-state index contributed by atoms with van der Waals surface area (Å²) in [5.41, 5.74) is 3.72. The van der Waals surface area contributed by atoms with Gasteiger partial charge in [-0.05, 0) is 42.8 Å². The number of fused-ring (bicyclic) bond motifs is 2. The minimum absolute atomic E-state index is 0.152. The number of carbonyl (C=O) groups excluding carboxylic acids is 3. The summed E-state index contributed by atoms with van der Waals surface area (Å²) < 4.78 is 10.4.